The number of allylic oxidation sites excluding steroid dienone is 2. The van der Waals surface area contributed by atoms with Crippen molar-refractivity contribution in [3.05, 3.63) is 107 Å². The number of rotatable bonds is 5. The molecule has 0 radical (unpaired) electrons. The molecule has 4 aromatic rings. The van der Waals surface area contributed by atoms with Crippen molar-refractivity contribution in [2.45, 2.75) is 58.3 Å². The summed E-state index contributed by atoms with van der Waals surface area (Å²) in [5.41, 5.74) is 3.60. The molecule has 6 nitrogen and oxygen atoms in total. The minimum absolute atomic E-state index is 0.0172. The van der Waals surface area contributed by atoms with Gasteiger partial charge in [0.1, 0.15) is 11.5 Å². The molecule has 6 rings (SSSR count). The maximum atomic E-state index is 13.6. The van der Waals surface area contributed by atoms with Crippen molar-refractivity contribution in [2.24, 2.45) is 10.4 Å². The fourth-order valence-corrected chi connectivity index (χ4v) is 6.04. The highest BCUT2D eigenvalue weighted by molar-refractivity contribution is 6.25. The van der Waals surface area contributed by atoms with Gasteiger partial charge in [-0.15, -0.1) is 0 Å². The second kappa shape index (κ2) is 10.3. The van der Waals surface area contributed by atoms with Gasteiger partial charge in [0, 0.05) is 32.1 Å². The molecule has 0 amide bonds. The molecule has 0 spiro atoms. The monoisotopic (exact) mass is 532 g/mol. The molecule has 2 aliphatic carbocycles. The van der Waals surface area contributed by atoms with Gasteiger partial charge in [0.2, 0.25) is 0 Å². The smallest absolute Gasteiger partial charge is 0.168 e. The number of fused-ring (bicyclic) bond motifs is 2. The Morgan fingerprint density at radius 1 is 0.950 bits per heavy atom. The van der Waals surface area contributed by atoms with Crippen LogP contribution >= 0.6 is 0 Å². The topological polar surface area (TPSA) is 92.8 Å². The number of ketones is 2. The Balaban J connectivity index is 1.34. The first-order valence-electron chi connectivity index (χ1n) is 13.8. The summed E-state index contributed by atoms with van der Waals surface area (Å²) in [5, 5.41) is 17.7. The average Bonchev–Trinajstić information content (AvgIpc) is 3.34. The van der Waals surface area contributed by atoms with Crippen LogP contribution in [0.2, 0.25) is 0 Å². The van der Waals surface area contributed by atoms with Crippen molar-refractivity contribution >= 4 is 33.7 Å². The minimum Gasteiger partial charge on any atom is -0.511 e. The van der Waals surface area contributed by atoms with E-state index < -0.39 is 0 Å². The van der Waals surface area contributed by atoms with Crippen LogP contribution in [-0.4, -0.2) is 27.5 Å². The fraction of sp³-hybridized carbons (Fsp3) is 0.294. The number of aliphatic hydroxyl groups excluding tert-OH is 1. The number of aliphatic hydroxyl groups is 1. The number of carbonyl (C=O) groups excluding carboxylic acids is 2. The molecule has 1 atom stereocenters. The molecule has 40 heavy (non-hydrogen) atoms. The molecule has 3 aromatic carbocycles. The summed E-state index contributed by atoms with van der Waals surface area (Å²) >= 11 is 0. The van der Waals surface area contributed by atoms with E-state index in [4.69, 9.17) is 9.52 Å². The summed E-state index contributed by atoms with van der Waals surface area (Å²) in [7, 11) is 0. The second-order valence-corrected chi connectivity index (χ2v) is 11.7. The highest BCUT2D eigenvalue weighted by Crippen LogP contribution is 2.38. The van der Waals surface area contributed by atoms with Crippen LogP contribution < -0.4 is 0 Å². The number of benzene rings is 3. The molecule has 0 aliphatic heterocycles. The van der Waals surface area contributed by atoms with Crippen LogP contribution in [0.25, 0.3) is 10.8 Å². The van der Waals surface area contributed by atoms with Crippen LogP contribution in [0.15, 0.2) is 93.6 Å². The summed E-state index contributed by atoms with van der Waals surface area (Å²) in [6.45, 7) is 4.08. The number of aryl methyl sites for hydroxylation is 1. The van der Waals surface area contributed by atoms with E-state index in [1.54, 1.807) is 0 Å². The van der Waals surface area contributed by atoms with Gasteiger partial charge in [0.05, 0.1) is 28.2 Å². The summed E-state index contributed by atoms with van der Waals surface area (Å²) in [6, 6.07) is 24.0. The predicted molar refractivity (Wildman–Crippen MR) is 155 cm³/mol. The van der Waals surface area contributed by atoms with Crippen molar-refractivity contribution in [3.63, 3.8) is 0 Å². The molecule has 202 valence electrons. The van der Waals surface area contributed by atoms with E-state index in [2.05, 4.69) is 5.16 Å². The van der Waals surface area contributed by atoms with Crippen molar-refractivity contribution in [2.75, 3.05) is 0 Å². The molecular formula is C34H32N2O4. The van der Waals surface area contributed by atoms with Gasteiger partial charge in [0.25, 0.3) is 0 Å². The lowest BCUT2D eigenvalue weighted by molar-refractivity contribution is -0.116. The van der Waals surface area contributed by atoms with E-state index in [1.807, 2.05) is 86.6 Å². The molecule has 1 aromatic heterocycles. The molecule has 1 heterocycles. The quantitative estimate of drug-likeness (QED) is 0.210. The van der Waals surface area contributed by atoms with Crippen LogP contribution in [0.1, 0.15) is 72.8 Å². The molecule has 1 unspecified atom stereocenters. The van der Waals surface area contributed by atoms with Gasteiger partial charge in [-0.05, 0) is 46.2 Å². The normalized spacial score (nSPS) is 21.1. The van der Waals surface area contributed by atoms with Crippen LogP contribution in [0.3, 0.4) is 0 Å². The maximum Gasteiger partial charge on any atom is 0.168 e. The second-order valence-electron chi connectivity index (χ2n) is 11.7. The molecule has 6 heteroatoms. The molecule has 0 bridgehead atoms. The number of aromatic nitrogens is 1. The van der Waals surface area contributed by atoms with Gasteiger partial charge in [-0.2, -0.15) is 0 Å². The Labute approximate surface area is 233 Å². The van der Waals surface area contributed by atoms with E-state index in [-0.39, 0.29) is 40.7 Å². The van der Waals surface area contributed by atoms with Crippen molar-refractivity contribution in [1.29, 1.82) is 0 Å². The van der Waals surface area contributed by atoms with E-state index in [1.165, 1.54) is 0 Å². The Morgan fingerprint density at radius 3 is 2.50 bits per heavy atom. The molecule has 1 fully saturated rings. The van der Waals surface area contributed by atoms with Crippen LogP contribution in [0.4, 0.5) is 5.69 Å². The van der Waals surface area contributed by atoms with E-state index in [0.29, 0.717) is 54.8 Å². The standard InChI is InChI=1S/C34H32N2O4/c1-34(2)19-30(39)33-26(36-40-31(33)20-34)14-15-28(37)32-27(17-24(18-29(32)38)21-8-4-3-5-9-21)35-25-13-12-22-10-6-7-11-23(22)16-25/h3-13,16,24,37H,14-15,17-20H2,1-2H3. The summed E-state index contributed by atoms with van der Waals surface area (Å²) in [4.78, 5) is 31.3. The lowest BCUT2D eigenvalue weighted by Crippen LogP contribution is -2.27. The molecular weight excluding hydrogens is 500 g/mol. The summed E-state index contributed by atoms with van der Waals surface area (Å²) < 4.78 is 5.53. The first-order chi connectivity index (χ1) is 19.3. The van der Waals surface area contributed by atoms with Crippen LogP contribution in [-0.2, 0) is 17.6 Å². The summed E-state index contributed by atoms with van der Waals surface area (Å²) in [6.07, 6.45) is 2.39. The minimum atomic E-state index is -0.164. The lowest BCUT2D eigenvalue weighted by Gasteiger charge is -2.27. The van der Waals surface area contributed by atoms with Crippen LogP contribution in [0.5, 0.6) is 0 Å². The van der Waals surface area contributed by atoms with Crippen molar-refractivity contribution in [3.8, 4) is 0 Å². The zero-order chi connectivity index (χ0) is 27.9. The average molecular weight is 533 g/mol. The number of Topliss-reactive ketones (excluding diaryl/α,β-unsaturated/α-hetero) is 2. The zero-order valence-corrected chi connectivity index (χ0v) is 22.8. The number of aliphatic imine (C=N–C) groups is 1. The molecule has 2 aliphatic rings. The van der Waals surface area contributed by atoms with Crippen molar-refractivity contribution < 1.29 is 19.2 Å². The Hall–Kier alpha value is -4.32. The van der Waals surface area contributed by atoms with Gasteiger partial charge in [-0.25, -0.2) is 0 Å². The molecule has 1 N–H and O–H groups in total. The fourth-order valence-electron chi connectivity index (χ4n) is 6.04. The Kier molecular flexibility index (Phi) is 6.70. The third-order valence-electron chi connectivity index (χ3n) is 7.98. The first kappa shape index (κ1) is 25.9. The largest absolute Gasteiger partial charge is 0.511 e. The summed E-state index contributed by atoms with van der Waals surface area (Å²) in [5.74, 6) is 0.468. The number of nitrogens with zero attached hydrogens (tertiary/aromatic N) is 2. The first-order valence-corrected chi connectivity index (χ1v) is 13.8. The Bertz CT molecular complexity index is 1680. The third-order valence-corrected chi connectivity index (χ3v) is 7.98. The maximum absolute atomic E-state index is 13.6. The Morgan fingerprint density at radius 2 is 1.70 bits per heavy atom. The van der Waals surface area contributed by atoms with Crippen LogP contribution in [0, 0.1) is 5.41 Å². The van der Waals surface area contributed by atoms with Gasteiger partial charge < -0.3 is 9.63 Å². The molecule has 1 saturated carbocycles. The van der Waals surface area contributed by atoms with Gasteiger partial charge in [-0.1, -0.05) is 79.7 Å². The SMILES string of the molecule is CC1(C)CC(=O)c2c(CCC(O)=C3C(=O)CC(c4ccccc4)CC3=Nc3ccc4ccccc4c3)noc2C1. The van der Waals surface area contributed by atoms with E-state index in [9.17, 15) is 14.7 Å². The third kappa shape index (κ3) is 5.14. The molecule has 0 saturated heterocycles. The highest BCUT2D eigenvalue weighted by Gasteiger charge is 2.37. The number of hydrogen-bond acceptors (Lipinski definition) is 6. The number of carbonyl (C=O) groups is 2. The van der Waals surface area contributed by atoms with Gasteiger partial charge >= 0.3 is 0 Å². The lowest BCUT2D eigenvalue weighted by atomic mass is 9.76. The zero-order valence-electron chi connectivity index (χ0n) is 22.8. The van der Waals surface area contributed by atoms with Crippen molar-refractivity contribution in [1.82, 2.24) is 5.16 Å². The number of hydrogen-bond donors (Lipinski definition) is 1. The van der Waals surface area contributed by atoms with Gasteiger partial charge in [-0.3, -0.25) is 14.6 Å². The predicted octanol–water partition coefficient (Wildman–Crippen LogP) is 7.65. The van der Waals surface area contributed by atoms with E-state index in [0.717, 1.165) is 22.0 Å². The van der Waals surface area contributed by atoms with E-state index >= 15 is 0 Å². The van der Waals surface area contributed by atoms with Gasteiger partial charge in [0.15, 0.2) is 11.6 Å². The highest BCUT2D eigenvalue weighted by atomic mass is 16.5.